The second kappa shape index (κ2) is 7.41. The van der Waals surface area contributed by atoms with Crippen LogP contribution in [-0.4, -0.2) is 39.6 Å². The second-order valence-electron chi connectivity index (χ2n) is 4.35. The smallest absolute Gasteiger partial charge is 0.305 e. The van der Waals surface area contributed by atoms with Gasteiger partial charge in [-0.3, -0.25) is 9.59 Å². The molecule has 0 spiro atoms. The van der Waals surface area contributed by atoms with Gasteiger partial charge in [0.1, 0.15) is 0 Å². The summed E-state index contributed by atoms with van der Waals surface area (Å²) >= 11 is 0. The van der Waals surface area contributed by atoms with Crippen LogP contribution in [0.15, 0.2) is 24.3 Å². The zero-order chi connectivity index (χ0) is 14.3. The van der Waals surface area contributed by atoms with E-state index in [2.05, 4.69) is 10.1 Å². The fraction of sp³-hybridized carbons (Fsp3) is 0.429. The topological polar surface area (TPSA) is 58.6 Å². The maximum atomic E-state index is 12.0. The van der Waals surface area contributed by atoms with Gasteiger partial charge >= 0.3 is 5.97 Å². The minimum atomic E-state index is -0.261. The number of methoxy groups -OCH3 is 1. The van der Waals surface area contributed by atoms with Crippen molar-refractivity contribution in [1.82, 2.24) is 5.32 Å². The van der Waals surface area contributed by atoms with Crippen molar-refractivity contribution in [1.29, 1.82) is 0 Å². The molecule has 1 amide bonds. The Balaban J connectivity index is 2.52. The highest BCUT2D eigenvalue weighted by Gasteiger charge is 2.11. The maximum absolute atomic E-state index is 12.0. The SMILES string of the molecule is COC(=O)CCCNC(=O)c1ccccc1N(C)C. The third-order valence-corrected chi connectivity index (χ3v) is 2.70. The number of rotatable bonds is 6. The van der Waals surface area contributed by atoms with Gasteiger partial charge in [-0.15, -0.1) is 0 Å². The molecule has 0 bridgehead atoms. The molecule has 1 aromatic carbocycles. The summed E-state index contributed by atoms with van der Waals surface area (Å²) in [6, 6.07) is 7.40. The number of hydrogen-bond acceptors (Lipinski definition) is 4. The first-order chi connectivity index (χ1) is 9.06. The molecule has 1 N–H and O–H groups in total. The first kappa shape index (κ1) is 15.0. The number of benzene rings is 1. The predicted molar refractivity (Wildman–Crippen MR) is 74.4 cm³/mol. The number of nitrogens with zero attached hydrogens (tertiary/aromatic N) is 1. The Morgan fingerprint density at radius 3 is 2.58 bits per heavy atom. The van der Waals surface area contributed by atoms with Crippen LogP contribution in [-0.2, 0) is 9.53 Å². The van der Waals surface area contributed by atoms with Crippen LogP contribution in [0.25, 0.3) is 0 Å². The van der Waals surface area contributed by atoms with Crippen LogP contribution in [0, 0.1) is 0 Å². The van der Waals surface area contributed by atoms with E-state index in [4.69, 9.17) is 0 Å². The van der Waals surface area contributed by atoms with Crippen molar-refractivity contribution in [2.24, 2.45) is 0 Å². The fourth-order valence-electron chi connectivity index (χ4n) is 1.69. The molecular weight excluding hydrogens is 244 g/mol. The Bertz CT molecular complexity index is 444. The third-order valence-electron chi connectivity index (χ3n) is 2.70. The number of ether oxygens (including phenoxy) is 1. The molecule has 0 unspecified atom stereocenters. The highest BCUT2D eigenvalue weighted by Crippen LogP contribution is 2.17. The van der Waals surface area contributed by atoms with E-state index in [0.29, 0.717) is 24.9 Å². The van der Waals surface area contributed by atoms with Gasteiger partial charge in [-0.25, -0.2) is 0 Å². The summed E-state index contributed by atoms with van der Waals surface area (Å²) in [4.78, 5) is 24.9. The van der Waals surface area contributed by atoms with Gasteiger partial charge in [0, 0.05) is 32.7 Å². The summed E-state index contributed by atoms with van der Waals surface area (Å²) in [6.07, 6.45) is 0.884. The van der Waals surface area contributed by atoms with Crippen LogP contribution >= 0.6 is 0 Å². The Kier molecular flexibility index (Phi) is 5.85. The minimum absolute atomic E-state index is 0.130. The summed E-state index contributed by atoms with van der Waals surface area (Å²) in [6.45, 7) is 0.454. The highest BCUT2D eigenvalue weighted by molar-refractivity contribution is 5.99. The van der Waals surface area contributed by atoms with Gasteiger partial charge in [0.15, 0.2) is 0 Å². The molecule has 0 radical (unpaired) electrons. The van der Waals surface area contributed by atoms with Crippen LogP contribution in [0.2, 0.25) is 0 Å². The molecule has 0 aromatic heterocycles. The minimum Gasteiger partial charge on any atom is -0.469 e. The molecule has 5 nitrogen and oxygen atoms in total. The van der Waals surface area contributed by atoms with E-state index in [1.165, 1.54) is 7.11 Å². The van der Waals surface area contributed by atoms with E-state index >= 15 is 0 Å². The Morgan fingerprint density at radius 1 is 1.26 bits per heavy atom. The normalized spacial score (nSPS) is 9.84. The molecule has 1 rings (SSSR count). The molecule has 0 aliphatic heterocycles. The molecule has 0 atom stereocenters. The molecule has 1 aromatic rings. The lowest BCUT2D eigenvalue weighted by Gasteiger charge is -2.16. The van der Waals surface area contributed by atoms with E-state index < -0.39 is 0 Å². The summed E-state index contributed by atoms with van der Waals surface area (Å²) in [5.74, 6) is -0.392. The van der Waals surface area contributed by atoms with Gasteiger partial charge in [0.05, 0.1) is 12.7 Å². The van der Waals surface area contributed by atoms with Crippen molar-refractivity contribution in [2.45, 2.75) is 12.8 Å². The van der Waals surface area contributed by atoms with Gasteiger partial charge in [0.2, 0.25) is 0 Å². The van der Waals surface area contributed by atoms with Gasteiger partial charge in [-0.05, 0) is 18.6 Å². The highest BCUT2D eigenvalue weighted by atomic mass is 16.5. The number of anilines is 1. The molecule has 104 valence electrons. The van der Waals surface area contributed by atoms with Gasteiger partial charge in [-0.2, -0.15) is 0 Å². The van der Waals surface area contributed by atoms with E-state index in [0.717, 1.165) is 5.69 Å². The van der Waals surface area contributed by atoms with Crippen LogP contribution < -0.4 is 10.2 Å². The number of esters is 1. The Morgan fingerprint density at radius 2 is 1.95 bits per heavy atom. The monoisotopic (exact) mass is 264 g/mol. The number of carbonyl (C=O) groups excluding carboxylic acids is 2. The van der Waals surface area contributed by atoms with Crippen molar-refractivity contribution >= 4 is 17.6 Å². The van der Waals surface area contributed by atoms with E-state index in [1.807, 2.05) is 37.2 Å². The number of carbonyl (C=O) groups is 2. The number of amides is 1. The molecule has 0 heterocycles. The molecular formula is C14H20N2O3. The average Bonchev–Trinajstić information content (AvgIpc) is 2.42. The standard InChI is InChI=1S/C14H20N2O3/c1-16(2)12-8-5-4-7-11(12)14(18)15-10-6-9-13(17)19-3/h4-5,7-8H,6,9-10H2,1-3H3,(H,15,18). The third kappa shape index (κ3) is 4.62. The van der Waals surface area contributed by atoms with Crippen molar-refractivity contribution in [3.05, 3.63) is 29.8 Å². The lowest BCUT2D eigenvalue weighted by Crippen LogP contribution is -2.27. The van der Waals surface area contributed by atoms with Crippen LogP contribution in [0.4, 0.5) is 5.69 Å². The largest absolute Gasteiger partial charge is 0.469 e. The average molecular weight is 264 g/mol. The first-order valence-corrected chi connectivity index (χ1v) is 6.17. The van der Waals surface area contributed by atoms with Crippen molar-refractivity contribution in [3.8, 4) is 0 Å². The first-order valence-electron chi connectivity index (χ1n) is 6.17. The fourth-order valence-corrected chi connectivity index (χ4v) is 1.69. The quantitative estimate of drug-likeness (QED) is 0.624. The maximum Gasteiger partial charge on any atom is 0.305 e. The van der Waals surface area contributed by atoms with Crippen molar-refractivity contribution in [3.63, 3.8) is 0 Å². The van der Waals surface area contributed by atoms with Crippen molar-refractivity contribution < 1.29 is 14.3 Å². The summed E-state index contributed by atoms with van der Waals surface area (Å²) in [5.41, 5.74) is 1.50. The molecule has 5 heteroatoms. The lowest BCUT2D eigenvalue weighted by atomic mass is 10.1. The molecule has 0 saturated carbocycles. The van der Waals surface area contributed by atoms with Gasteiger partial charge in [-0.1, -0.05) is 12.1 Å². The Labute approximate surface area is 113 Å². The molecule has 0 aliphatic carbocycles. The molecule has 0 fully saturated rings. The van der Waals surface area contributed by atoms with Crippen molar-refractivity contribution in [2.75, 3.05) is 32.6 Å². The van der Waals surface area contributed by atoms with Crippen LogP contribution in [0.3, 0.4) is 0 Å². The molecule has 0 aliphatic rings. The van der Waals surface area contributed by atoms with Crippen LogP contribution in [0.5, 0.6) is 0 Å². The lowest BCUT2D eigenvalue weighted by molar-refractivity contribution is -0.140. The van der Waals surface area contributed by atoms with Gasteiger partial charge < -0.3 is 15.0 Å². The second-order valence-corrected chi connectivity index (χ2v) is 4.35. The van der Waals surface area contributed by atoms with E-state index in [9.17, 15) is 9.59 Å². The number of hydrogen-bond donors (Lipinski definition) is 1. The molecule has 0 saturated heterocycles. The van der Waals surface area contributed by atoms with Crippen LogP contribution in [0.1, 0.15) is 23.2 Å². The zero-order valence-corrected chi connectivity index (χ0v) is 11.6. The summed E-state index contributed by atoms with van der Waals surface area (Å²) in [5, 5.41) is 2.80. The van der Waals surface area contributed by atoms with Gasteiger partial charge in [0.25, 0.3) is 5.91 Å². The summed E-state index contributed by atoms with van der Waals surface area (Å²) < 4.78 is 4.53. The molecule has 19 heavy (non-hydrogen) atoms. The predicted octanol–water partition coefficient (Wildman–Crippen LogP) is 1.44. The Hall–Kier alpha value is -2.04. The number of para-hydroxylation sites is 1. The summed E-state index contributed by atoms with van der Waals surface area (Å²) in [7, 11) is 5.14. The zero-order valence-electron chi connectivity index (χ0n) is 11.6. The number of nitrogens with one attached hydrogen (secondary N) is 1. The van der Waals surface area contributed by atoms with E-state index in [1.54, 1.807) is 6.07 Å². The van der Waals surface area contributed by atoms with E-state index in [-0.39, 0.29) is 11.9 Å².